The Morgan fingerprint density at radius 2 is 0.599 bits per heavy atom. The predicted molar refractivity (Wildman–Crippen MR) is 561 cm³/mol. The molecule has 1 aliphatic rings. The van der Waals surface area contributed by atoms with Crippen molar-refractivity contribution in [3.63, 3.8) is 0 Å². The monoisotopic (exact) mass is 1770 g/mol. The lowest BCUT2D eigenvalue weighted by Gasteiger charge is -2.21. The minimum absolute atomic E-state index is 0.0750. The van der Waals surface area contributed by atoms with Crippen molar-refractivity contribution in [1.82, 2.24) is 43.6 Å². The van der Waals surface area contributed by atoms with Crippen LogP contribution in [0.2, 0.25) is 0 Å². The van der Waals surface area contributed by atoms with E-state index in [4.69, 9.17) is 47.6 Å². The highest BCUT2D eigenvalue weighted by molar-refractivity contribution is 7.26. The molecule has 0 bridgehead atoms. The normalized spacial score (nSPS) is 12.5. The summed E-state index contributed by atoms with van der Waals surface area (Å²) in [4.78, 5) is 30.6. The number of hydrogen-bond acceptors (Lipinski definition) is 11. The molecule has 0 radical (unpaired) electrons. The number of rotatable bonds is 9. The lowest BCUT2D eigenvalue weighted by molar-refractivity contribution is 0.653. The van der Waals surface area contributed by atoms with Gasteiger partial charge in [0.15, 0.2) is 17.5 Å². The van der Waals surface area contributed by atoms with E-state index in [1.807, 2.05) is 133 Å². The van der Waals surface area contributed by atoms with Crippen molar-refractivity contribution in [2.45, 2.75) is 19.3 Å². The van der Waals surface area contributed by atoms with Crippen molar-refractivity contribution < 1.29 is 17.7 Å². The van der Waals surface area contributed by atoms with Gasteiger partial charge in [0.2, 0.25) is 17.1 Å². The predicted octanol–water partition coefficient (Wildman–Crippen LogP) is 33.0. The molecule has 11 heterocycles. The van der Waals surface area contributed by atoms with Crippen LogP contribution in [0.25, 0.3) is 270 Å². The van der Waals surface area contributed by atoms with Gasteiger partial charge in [-0.15, -0.1) is 11.3 Å². The second-order valence-electron chi connectivity index (χ2n) is 35.7. The van der Waals surface area contributed by atoms with Crippen molar-refractivity contribution in [2.75, 3.05) is 0 Å². The van der Waals surface area contributed by atoms with E-state index in [1.165, 1.54) is 96.8 Å². The van der Waals surface area contributed by atoms with Gasteiger partial charge >= 0.3 is 0 Å². The van der Waals surface area contributed by atoms with Gasteiger partial charge in [0.05, 0.1) is 71.7 Å². The standard InChI is InChI=1S/C43H29N3O.C40H23N3O2.C40H23N3OS/c1-43(2)33-17-9-6-15-31(33)37-34(43)25-24-30-29-14-7-10-18-35(29)46(40(30)37)28-22-20-27(21-23-28)41-44-39(26-12-4-3-5-13-26)38-32-16-8-11-19-36(32)47-42(38)45-41;1-2-11-24(12-3-1)37-36-30-17-6-9-20-33(30)45-40(36)42-39(41-37)25-13-10-14-26(23-25)43-31-18-7-4-15-27(31)28-21-22-34-35(38(28)43)29-16-5-8-19-32(29)44-34;1-2-11-24(12-3-1)37-36-29-16-5-8-19-32(29)44-40(36)42-39(41-37)25-13-10-14-26(23-25)43-31-18-7-4-15-27(31)28-21-22-34-35(38(28)43)30-17-6-9-20-33(30)45-34/h3-25H,1-2H3;2*1-23H. The van der Waals surface area contributed by atoms with Crippen LogP contribution in [-0.4, -0.2) is 43.6 Å². The Morgan fingerprint density at radius 3 is 1.09 bits per heavy atom. The number of nitrogens with zero attached hydrogens (tertiary/aromatic N) is 9. The molecule has 0 unspecified atom stereocenters. The minimum atomic E-state index is -0.0750. The summed E-state index contributed by atoms with van der Waals surface area (Å²) in [5.74, 6) is 1.89. The Bertz CT molecular complexity index is 9670. The molecular weight excluding hydrogens is 1700 g/mol. The van der Waals surface area contributed by atoms with E-state index in [0.717, 1.165) is 150 Å². The lowest BCUT2D eigenvalue weighted by Crippen LogP contribution is -2.14. The van der Waals surface area contributed by atoms with Crippen LogP contribution in [0.15, 0.2) is 436 Å². The first-order valence-corrected chi connectivity index (χ1v) is 46.9. The Kier molecular flexibility index (Phi) is 17.3. The molecule has 0 amide bonds. The second kappa shape index (κ2) is 30.5. The van der Waals surface area contributed by atoms with Gasteiger partial charge in [-0.1, -0.05) is 317 Å². The molecule has 14 heteroatoms. The van der Waals surface area contributed by atoms with Crippen LogP contribution in [0.4, 0.5) is 0 Å². The average Bonchev–Trinajstić information content (AvgIpc) is 1.55. The van der Waals surface area contributed by atoms with Crippen molar-refractivity contribution >= 4 is 185 Å². The first-order chi connectivity index (χ1) is 67.7. The maximum absolute atomic E-state index is 6.32. The van der Waals surface area contributed by atoms with Gasteiger partial charge in [0.1, 0.15) is 27.9 Å². The van der Waals surface area contributed by atoms with Gasteiger partial charge in [0, 0.05) is 135 Å². The molecule has 0 spiro atoms. The zero-order valence-electron chi connectivity index (χ0n) is 73.9. The smallest absolute Gasteiger partial charge is 0.231 e. The maximum atomic E-state index is 6.32. The van der Waals surface area contributed by atoms with Crippen LogP contribution in [-0.2, 0) is 5.41 Å². The van der Waals surface area contributed by atoms with E-state index in [1.54, 1.807) is 0 Å². The third-order valence-electron chi connectivity index (χ3n) is 27.7. The summed E-state index contributed by atoms with van der Waals surface area (Å²) < 4.78 is 35.0. The van der Waals surface area contributed by atoms with Gasteiger partial charge in [-0.3, -0.25) is 0 Å². The third-order valence-corrected chi connectivity index (χ3v) is 28.8. The zero-order valence-corrected chi connectivity index (χ0v) is 74.7. The fourth-order valence-electron chi connectivity index (χ4n) is 21.6. The molecule has 0 N–H and O–H groups in total. The number of thiophene rings is 1. The third kappa shape index (κ3) is 12.1. The number of para-hydroxylation sites is 7. The number of furan rings is 4. The molecule has 0 fully saturated rings. The molecule has 642 valence electrons. The first-order valence-electron chi connectivity index (χ1n) is 46.1. The molecule has 11 aromatic heterocycles. The van der Waals surface area contributed by atoms with Crippen molar-refractivity contribution in [3.8, 4) is 96.1 Å². The molecule has 0 atom stereocenters. The summed E-state index contributed by atoms with van der Waals surface area (Å²) in [6.07, 6.45) is 0. The fourth-order valence-corrected chi connectivity index (χ4v) is 22.7. The molecule has 1 aliphatic carbocycles. The Morgan fingerprint density at radius 1 is 0.226 bits per heavy atom. The maximum Gasteiger partial charge on any atom is 0.231 e. The van der Waals surface area contributed by atoms with Gasteiger partial charge in [-0.25, -0.2) is 15.0 Å². The van der Waals surface area contributed by atoms with E-state index >= 15 is 0 Å². The molecule has 0 saturated carbocycles. The summed E-state index contributed by atoms with van der Waals surface area (Å²) in [5.41, 5.74) is 30.0. The minimum Gasteiger partial charge on any atom is -0.456 e. The van der Waals surface area contributed by atoms with Crippen LogP contribution >= 0.6 is 11.3 Å². The number of aromatic nitrogens is 9. The van der Waals surface area contributed by atoms with Crippen LogP contribution < -0.4 is 0 Å². The van der Waals surface area contributed by atoms with Gasteiger partial charge in [-0.2, -0.15) is 15.0 Å². The fraction of sp³-hybridized carbons (Fsp3) is 0.0244. The second-order valence-corrected chi connectivity index (χ2v) is 36.8. The summed E-state index contributed by atoms with van der Waals surface area (Å²) in [6.45, 7) is 4.68. The number of benzene rings is 18. The summed E-state index contributed by atoms with van der Waals surface area (Å²) in [6, 6.07) is 146. The topological polar surface area (TPSA) is 145 Å². The van der Waals surface area contributed by atoms with Crippen molar-refractivity contribution in [1.29, 1.82) is 0 Å². The largest absolute Gasteiger partial charge is 0.456 e. The van der Waals surface area contributed by atoms with E-state index in [-0.39, 0.29) is 5.41 Å². The highest BCUT2D eigenvalue weighted by Crippen LogP contribution is 2.54. The summed E-state index contributed by atoms with van der Waals surface area (Å²) >= 11 is 1.85. The molecule has 0 aliphatic heterocycles. The SMILES string of the molecule is CC1(C)c2ccccc2-c2c1ccc1c3ccccc3n(-c3ccc(-c4nc(-c5ccccc5)c5c(n4)oc4ccccc45)cc3)c21.c1ccc(-c2nc(-c3cccc(-n4c5ccccc5c5ccc6oc7ccccc7c6c54)c3)nc3oc4ccccc4c23)cc1.c1ccc(-c2nc(-c3cccc(-n4c5ccccc5c5ccc6sc7ccccc7c6c54)c3)nc3oc4ccccc4c23)cc1. The molecule has 13 nitrogen and oxygen atoms in total. The molecule has 137 heavy (non-hydrogen) atoms. The van der Waals surface area contributed by atoms with Crippen molar-refractivity contribution in [3.05, 3.63) is 430 Å². The van der Waals surface area contributed by atoms with E-state index < -0.39 is 0 Å². The summed E-state index contributed by atoms with van der Waals surface area (Å²) in [5, 5.41) is 18.0. The molecule has 0 saturated heterocycles. The van der Waals surface area contributed by atoms with E-state index in [0.29, 0.717) is 34.6 Å². The molecule has 29 aromatic rings. The van der Waals surface area contributed by atoms with Crippen LogP contribution in [0, 0.1) is 0 Å². The molecule has 18 aromatic carbocycles. The number of hydrogen-bond donors (Lipinski definition) is 0. The van der Waals surface area contributed by atoms with Crippen LogP contribution in [0.3, 0.4) is 0 Å². The lowest BCUT2D eigenvalue weighted by atomic mass is 9.82. The van der Waals surface area contributed by atoms with Gasteiger partial charge in [0.25, 0.3) is 0 Å². The highest BCUT2D eigenvalue weighted by Gasteiger charge is 2.38. The Balaban J connectivity index is 0.000000102. The van der Waals surface area contributed by atoms with Gasteiger partial charge < -0.3 is 31.4 Å². The van der Waals surface area contributed by atoms with E-state index in [9.17, 15) is 0 Å². The Labute approximate surface area is 786 Å². The van der Waals surface area contributed by atoms with E-state index in [2.05, 4.69) is 325 Å². The molecular formula is C123H75N9O4S. The Hall–Kier alpha value is -18.0. The zero-order chi connectivity index (χ0) is 90.2. The quantitative estimate of drug-likeness (QED) is 0.137. The number of fused-ring (bicyclic) bond motifs is 30. The summed E-state index contributed by atoms with van der Waals surface area (Å²) in [7, 11) is 0. The highest BCUT2D eigenvalue weighted by atomic mass is 32.1. The molecule has 30 rings (SSSR count). The van der Waals surface area contributed by atoms with Gasteiger partial charge in [-0.05, 0) is 132 Å². The first kappa shape index (κ1) is 77.8. The van der Waals surface area contributed by atoms with Crippen LogP contribution in [0.1, 0.15) is 25.0 Å². The average molecular weight is 1780 g/mol. The van der Waals surface area contributed by atoms with Crippen molar-refractivity contribution in [2.24, 2.45) is 0 Å². The van der Waals surface area contributed by atoms with Crippen LogP contribution in [0.5, 0.6) is 0 Å².